The molecule has 1 amide bonds. The molecule has 0 spiro atoms. The summed E-state index contributed by atoms with van der Waals surface area (Å²) in [7, 11) is 1.32. The average molecular weight is 265 g/mol. The zero-order chi connectivity index (χ0) is 13.8. The summed E-state index contributed by atoms with van der Waals surface area (Å²) in [5.41, 5.74) is 1.30. The third-order valence-corrected chi connectivity index (χ3v) is 3.04. The van der Waals surface area contributed by atoms with Gasteiger partial charge in [-0.05, 0) is 17.7 Å². The molecular formula is C13H15NO5. The summed E-state index contributed by atoms with van der Waals surface area (Å²) in [4.78, 5) is 23.5. The summed E-state index contributed by atoms with van der Waals surface area (Å²) in [6.45, 7) is 1.05. The van der Waals surface area contributed by atoms with E-state index in [0.29, 0.717) is 25.3 Å². The third-order valence-electron chi connectivity index (χ3n) is 3.04. The maximum absolute atomic E-state index is 11.3. The van der Waals surface area contributed by atoms with E-state index in [1.165, 1.54) is 12.0 Å². The number of carboxylic acid groups (broad SMARTS) is 1. The molecule has 6 nitrogen and oxygen atoms in total. The zero-order valence-corrected chi connectivity index (χ0v) is 10.5. The topological polar surface area (TPSA) is 76.1 Å². The van der Waals surface area contributed by atoms with Crippen molar-refractivity contribution in [2.24, 2.45) is 0 Å². The fourth-order valence-electron chi connectivity index (χ4n) is 1.98. The number of carbonyl (C=O) groups is 2. The minimum absolute atomic E-state index is 0.295. The number of carbonyl (C=O) groups excluding carboxylic acids is 1. The van der Waals surface area contributed by atoms with E-state index in [1.807, 2.05) is 0 Å². The highest BCUT2D eigenvalue weighted by Crippen LogP contribution is 2.22. The predicted molar refractivity (Wildman–Crippen MR) is 66.1 cm³/mol. The number of ether oxygens (including phenoxy) is 2. The number of hydrogen-bond acceptors (Lipinski definition) is 4. The van der Waals surface area contributed by atoms with E-state index in [1.54, 1.807) is 24.3 Å². The Balaban J connectivity index is 2.09. The van der Waals surface area contributed by atoms with Gasteiger partial charge in [0.05, 0.1) is 25.8 Å². The quantitative estimate of drug-likeness (QED) is 0.820. The largest absolute Gasteiger partial charge is 0.465 e. The molecule has 0 saturated carbocycles. The van der Waals surface area contributed by atoms with Crippen LogP contribution in [-0.4, -0.2) is 48.9 Å². The molecule has 1 N–H and O–H groups in total. The number of amides is 1. The van der Waals surface area contributed by atoms with Crippen LogP contribution in [0.1, 0.15) is 22.0 Å². The van der Waals surface area contributed by atoms with Gasteiger partial charge in [0, 0.05) is 6.54 Å². The van der Waals surface area contributed by atoms with Crippen molar-refractivity contribution in [1.29, 1.82) is 0 Å². The first-order valence-corrected chi connectivity index (χ1v) is 5.89. The van der Waals surface area contributed by atoms with E-state index in [0.717, 1.165) is 5.56 Å². The summed E-state index contributed by atoms with van der Waals surface area (Å²) in [6, 6.07) is 6.79. The normalized spacial score (nSPS) is 19.0. The van der Waals surface area contributed by atoms with Gasteiger partial charge in [-0.25, -0.2) is 9.59 Å². The summed E-state index contributed by atoms with van der Waals surface area (Å²) < 4.78 is 10.2. The second-order valence-electron chi connectivity index (χ2n) is 4.20. The van der Waals surface area contributed by atoms with Gasteiger partial charge in [0.1, 0.15) is 6.10 Å². The lowest BCUT2D eigenvalue weighted by Gasteiger charge is -2.31. The summed E-state index contributed by atoms with van der Waals surface area (Å²) in [6.07, 6.45) is -1.24. The summed E-state index contributed by atoms with van der Waals surface area (Å²) in [5.74, 6) is -0.400. The van der Waals surface area contributed by atoms with Crippen molar-refractivity contribution in [1.82, 2.24) is 4.90 Å². The number of hydrogen-bond donors (Lipinski definition) is 1. The van der Waals surface area contributed by atoms with Gasteiger partial charge >= 0.3 is 12.1 Å². The summed E-state index contributed by atoms with van der Waals surface area (Å²) >= 11 is 0. The van der Waals surface area contributed by atoms with Crippen LogP contribution in [0.25, 0.3) is 0 Å². The van der Waals surface area contributed by atoms with Crippen molar-refractivity contribution >= 4 is 12.1 Å². The molecule has 1 unspecified atom stereocenters. The lowest BCUT2D eigenvalue weighted by Crippen LogP contribution is -2.41. The first-order chi connectivity index (χ1) is 9.11. The molecule has 1 aromatic carbocycles. The average Bonchev–Trinajstić information content (AvgIpc) is 2.46. The molecule has 1 atom stereocenters. The van der Waals surface area contributed by atoms with Gasteiger partial charge in [-0.15, -0.1) is 0 Å². The molecule has 2 rings (SSSR count). The fraction of sp³-hybridized carbons (Fsp3) is 0.385. The Kier molecular flexibility index (Phi) is 4.01. The van der Waals surface area contributed by atoms with Crippen LogP contribution in [0.3, 0.4) is 0 Å². The van der Waals surface area contributed by atoms with Gasteiger partial charge in [-0.3, -0.25) is 0 Å². The first-order valence-electron chi connectivity index (χ1n) is 5.89. The zero-order valence-electron chi connectivity index (χ0n) is 10.5. The molecule has 19 heavy (non-hydrogen) atoms. The Bertz CT molecular complexity index is 470. The number of methoxy groups -OCH3 is 1. The second-order valence-corrected chi connectivity index (χ2v) is 4.20. The van der Waals surface area contributed by atoms with Crippen molar-refractivity contribution in [3.8, 4) is 0 Å². The lowest BCUT2D eigenvalue weighted by atomic mass is 10.1. The Morgan fingerprint density at radius 1 is 1.37 bits per heavy atom. The molecule has 1 aliphatic heterocycles. The third kappa shape index (κ3) is 3.03. The number of rotatable bonds is 2. The molecule has 0 aliphatic carbocycles. The molecule has 1 aromatic rings. The minimum atomic E-state index is -0.945. The van der Waals surface area contributed by atoms with Gasteiger partial charge in [-0.1, -0.05) is 12.1 Å². The van der Waals surface area contributed by atoms with Crippen LogP contribution in [-0.2, 0) is 9.47 Å². The van der Waals surface area contributed by atoms with Crippen molar-refractivity contribution < 1.29 is 24.2 Å². The minimum Gasteiger partial charge on any atom is -0.465 e. The molecule has 0 radical (unpaired) electrons. The molecule has 1 fully saturated rings. The van der Waals surface area contributed by atoms with Crippen LogP contribution in [0.2, 0.25) is 0 Å². The molecule has 1 heterocycles. The van der Waals surface area contributed by atoms with Crippen LogP contribution in [0, 0.1) is 0 Å². The maximum Gasteiger partial charge on any atom is 0.407 e. The van der Waals surface area contributed by atoms with Crippen LogP contribution in [0.4, 0.5) is 4.79 Å². The SMILES string of the molecule is COC(=O)c1ccc(C2CN(C(=O)O)CCO2)cc1. The highest BCUT2D eigenvalue weighted by atomic mass is 16.5. The highest BCUT2D eigenvalue weighted by Gasteiger charge is 2.25. The number of nitrogens with zero attached hydrogens (tertiary/aromatic N) is 1. The molecule has 0 bridgehead atoms. The monoisotopic (exact) mass is 265 g/mol. The molecule has 6 heteroatoms. The molecular weight excluding hydrogens is 250 g/mol. The van der Waals surface area contributed by atoms with Crippen LogP contribution < -0.4 is 0 Å². The van der Waals surface area contributed by atoms with Crippen molar-refractivity contribution in [2.75, 3.05) is 26.8 Å². The summed E-state index contributed by atoms with van der Waals surface area (Å²) in [5, 5.41) is 8.96. The van der Waals surface area contributed by atoms with E-state index in [-0.39, 0.29) is 6.10 Å². The van der Waals surface area contributed by atoms with Gasteiger partial charge in [-0.2, -0.15) is 0 Å². The van der Waals surface area contributed by atoms with E-state index in [4.69, 9.17) is 9.84 Å². The van der Waals surface area contributed by atoms with Gasteiger partial charge in [0.2, 0.25) is 0 Å². The standard InChI is InChI=1S/C13H15NO5/c1-18-12(15)10-4-2-9(3-5-10)11-8-14(13(16)17)6-7-19-11/h2-5,11H,6-8H2,1H3,(H,16,17). The second kappa shape index (κ2) is 5.71. The first kappa shape index (κ1) is 13.4. The van der Waals surface area contributed by atoms with Crippen LogP contribution in [0.15, 0.2) is 24.3 Å². The van der Waals surface area contributed by atoms with Crippen molar-refractivity contribution in [2.45, 2.75) is 6.10 Å². The van der Waals surface area contributed by atoms with E-state index < -0.39 is 12.1 Å². The predicted octanol–water partition coefficient (Wildman–Crippen LogP) is 1.52. The van der Waals surface area contributed by atoms with Gasteiger partial charge in [0.25, 0.3) is 0 Å². The lowest BCUT2D eigenvalue weighted by molar-refractivity contribution is -0.0232. The van der Waals surface area contributed by atoms with Crippen molar-refractivity contribution in [3.05, 3.63) is 35.4 Å². The smallest absolute Gasteiger partial charge is 0.407 e. The Morgan fingerprint density at radius 3 is 2.63 bits per heavy atom. The molecule has 1 aliphatic rings. The number of esters is 1. The Labute approximate surface area is 110 Å². The van der Waals surface area contributed by atoms with Gasteiger partial charge in [0.15, 0.2) is 0 Å². The van der Waals surface area contributed by atoms with E-state index in [9.17, 15) is 9.59 Å². The highest BCUT2D eigenvalue weighted by molar-refractivity contribution is 5.89. The maximum atomic E-state index is 11.3. The Morgan fingerprint density at radius 2 is 2.05 bits per heavy atom. The molecule has 102 valence electrons. The van der Waals surface area contributed by atoms with Crippen LogP contribution in [0.5, 0.6) is 0 Å². The number of benzene rings is 1. The molecule has 1 saturated heterocycles. The molecule has 0 aromatic heterocycles. The Hall–Kier alpha value is -2.08. The number of morpholine rings is 1. The van der Waals surface area contributed by atoms with Crippen molar-refractivity contribution in [3.63, 3.8) is 0 Å². The van der Waals surface area contributed by atoms with Gasteiger partial charge < -0.3 is 19.5 Å². The fourth-order valence-corrected chi connectivity index (χ4v) is 1.98. The van der Waals surface area contributed by atoms with E-state index >= 15 is 0 Å². The van der Waals surface area contributed by atoms with Crippen LogP contribution >= 0.6 is 0 Å². The van der Waals surface area contributed by atoms with E-state index in [2.05, 4.69) is 4.74 Å².